The minimum Gasteiger partial charge on any atom is -0.457 e. The summed E-state index contributed by atoms with van der Waals surface area (Å²) in [5.74, 6) is 0.603. The zero-order valence-electron chi connectivity index (χ0n) is 17.3. The number of anilines is 2. The number of nitrogens with one attached hydrogen (secondary N) is 1. The van der Waals surface area contributed by atoms with Crippen LogP contribution in [-0.2, 0) is 9.53 Å². The van der Waals surface area contributed by atoms with Gasteiger partial charge in [0, 0.05) is 41.9 Å². The minimum absolute atomic E-state index is 0.0472. The number of benzene rings is 2. The van der Waals surface area contributed by atoms with Crippen LogP contribution in [0.1, 0.15) is 5.76 Å². The van der Waals surface area contributed by atoms with Crippen molar-refractivity contribution in [2.24, 2.45) is 0 Å². The molecule has 0 atom stereocenters. The van der Waals surface area contributed by atoms with Gasteiger partial charge in [-0.05, 0) is 42.5 Å². The lowest BCUT2D eigenvalue weighted by atomic mass is 10.2. The monoisotopic (exact) mass is 487 g/mol. The number of carbonyl (C=O) groups excluding carboxylic acids is 1. The molecule has 2 heterocycles. The minimum atomic E-state index is -0.461. The number of ether oxygens (including phenoxy) is 1. The molecule has 3 aromatic rings. The van der Waals surface area contributed by atoms with E-state index in [1.165, 1.54) is 30.4 Å². The second-order valence-corrected chi connectivity index (χ2v) is 8.05. The molecule has 1 aliphatic heterocycles. The van der Waals surface area contributed by atoms with Crippen molar-refractivity contribution in [2.45, 2.75) is 0 Å². The zero-order valence-corrected chi connectivity index (χ0v) is 18.8. The van der Waals surface area contributed by atoms with Crippen molar-refractivity contribution in [1.82, 2.24) is 0 Å². The second-order valence-electron chi connectivity index (χ2n) is 7.21. The molecule has 0 spiro atoms. The number of furan rings is 1. The number of nitrogens with zero attached hydrogens (tertiary/aromatic N) is 2. The first-order valence-electron chi connectivity index (χ1n) is 10.1. The lowest BCUT2D eigenvalue weighted by Gasteiger charge is -2.30. The molecule has 4 rings (SSSR count). The van der Waals surface area contributed by atoms with E-state index < -0.39 is 10.8 Å². The van der Waals surface area contributed by atoms with Crippen molar-refractivity contribution in [3.8, 4) is 11.3 Å². The van der Waals surface area contributed by atoms with Crippen LogP contribution >= 0.6 is 23.2 Å². The Hall–Kier alpha value is -3.33. The first-order valence-corrected chi connectivity index (χ1v) is 10.8. The van der Waals surface area contributed by atoms with Crippen molar-refractivity contribution in [3.63, 3.8) is 0 Å². The molecule has 0 saturated carbocycles. The van der Waals surface area contributed by atoms with Crippen LogP contribution < -0.4 is 10.2 Å². The SMILES string of the molecule is O=C(/C=C/c1ccc(-c2ccc(Cl)cc2Cl)o1)Nc1ccc([N+](=O)[O-])cc1N1CCOCC1. The summed E-state index contributed by atoms with van der Waals surface area (Å²) in [4.78, 5) is 25.3. The normalized spacial score (nSPS) is 13.9. The molecule has 2 aromatic carbocycles. The highest BCUT2D eigenvalue weighted by Gasteiger charge is 2.19. The number of rotatable bonds is 6. The Labute approximate surface area is 199 Å². The van der Waals surface area contributed by atoms with Gasteiger partial charge in [0.1, 0.15) is 11.5 Å². The Morgan fingerprint density at radius 1 is 1.09 bits per heavy atom. The van der Waals surface area contributed by atoms with E-state index in [2.05, 4.69) is 5.32 Å². The molecule has 0 bridgehead atoms. The van der Waals surface area contributed by atoms with Gasteiger partial charge in [-0.3, -0.25) is 14.9 Å². The number of non-ortho nitro benzene ring substituents is 1. The molecule has 8 nitrogen and oxygen atoms in total. The van der Waals surface area contributed by atoms with E-state index >= 15 is 0 Å². The van der Waals surface area contributed by atoms with E-state index in [1.807, 2.05) is 4.90 Å². The maximum absolute atomic E-state index is 12.6. The van der Waals surface area contributed by atoms with Gasteiger partial charge in [-0.15, -0.1) is 0 Å². The van der Waals surface area contributed by atoms with Crippen LogP contribution in [0.5, 0.6) is 0 Å². The molecule has 0 unspecified atom stereocenters. The fourth-order valence-electron chi connectivity index (χ4n) is 3.41. The van der Waals surface area contributed by atoms with Gasteiger partial charge in [-0.25, -0.2) is 0 Å². The maximum Gasteiger partial charge on any atom is 0.271 e. The van der Waals surface area contributed by atoms with Gasteiger partial charge >= 0.3 is 0 Å². The summed E-state index contributed by atoms with van der Waals surface area (Å²) in [5.41, 5.74) is 1.69. The number of carbonyl (C=O) groups is 1. The molecule has 1 amide bonds. The summed E-state index contributed by atoms with van der Waals surface area (Å²) >= 11 is 12.2. The molecule has 1 saturated heterocycles. The Balaban J connectivity index is 1.50. The lowest BCUT2D eigenvalue weighted by Crippen LogP contribution is -2.36. The molecule has 1 fully saturated rings. The number of nitro groups is 1. The van der Waals surface area contributed by atoms with Gasteiger partial charge in [0.25, 0.3) is 5.69 Å². The van der Waals surface area contributed by atoms with E-state index in [9.17, 15) is 14.9 Å². The van der Waals surface area contributed by atoms with Gasteiger partial charge in [-0.1, -0.05) is 23.2 Å². The topological polar surface area (TPSA) is 97.8 Å². The third-order valence-corrected chi connectivity index (χ3v) is 5.57. The van der Waals surface area contributed by atoms with Gasteiger partial charge in [0.2, 0.25) is 5.91 Å². The van der Waals surface area contributed by atoms with Crippen LogP contribution in [0.15, 0.2) is 59.0 Å². The molecule has 1 aromatic heterocycles. The summed E-state index contributed by atoms with van der Waals surface area (Å²) in [5, 5.41) is 15.0. The molecule has 170 valence electrons. The Kier molecular flexibility index (Phi) is 6.98. The summed E-state index contributed by atoms with van der Waals surface area (Å²) in [6.45, 7) is 2.16. The largest absolute Gasteiger partial charge is 0.457 e. The van der Waals surface area contributed by atoms with E-state index in [4.69, 9.17) is 32.4 Å². The van der Waals surface area contributed by atoms with Gasteiger partial charge in [0.15, 0.2) is 0 Å². The average molecular weight is 488 g/mol. The van der Waals surface area contributed by atoms with Crippen molar-refractivity contribution < 1.29 is 18.9 Å². The molecule has 33 heavy (non-hydrogen) atoms. The quantitative estimate of drug-likeness (QED) is 0.274. The van der Waals surface area contributed by atoms with Crippen LogP contribution in [0, 0.1) is 10.1 Å². The number of halogens is 2. The van der Waals surface area contributed by atoms with Crippen LogP contribution in [0.25, 0.3) is 17.4 Å². The van der Waals surface area contributed by atoms with E-state index in [0.29, 0.717) is 64.8 Å². The van der Waals surface area contributed by atoms with Crippen molar-refractivity contribution in [2.75, 3.05) is 36.5 Å². The third-order valence-electron chi connectivity index (χ3n) is 5.02. The molecule has 0 radical (unpaired) electrons. The average Bonchev–Trinajstić information content (AvgIpc) is 3.27. The fraction of sp³-hybridized carbons (Fsp3) is 0.174. The second kappa shape index (κ2) is 10.1. The Morgan fingerprint density at radius 2 is 1.88 bits per heavy atom. The Morgan fingerprint density at radius 3 is 2.61 bits per heavy atom. The Bertz CT molecular complexity index is 1220. The molecule has 10 heteroatoms. The summed E-state index contributed by atoms with van der Waals surface area (Å²) in [7, 11) is 0. The van der Waals surface area contributed by atoms with E-state index in [1.54, 1.807) is 30.3 Å². The summed E-state index contributed by atoms with van der Waals surface area (Å²) in [6.07, 6.45) is 2.86. The standard InChI is InChI=1S/C23H19Cl2N3O5/c24-15-1-5-18(19(25)13-15)22-7-3-17(33-22)4-8-23(29)26-20-6-2-16(28(30)31)14-21(20)27-9-11-32-12-10-27/h1-8,13-14H,9-12H2,(H,26,29)/b8-4+. The first kappa shape index (κ1) is 22.8. The molecular formula is C23H19Cl2N3O5. The summed E-state index contributed by atoms with van der Waals surface area (Å²) < 4.78 is 11.1. The van der Waals surface area contributed by atoms with Crippen molar-refractivity contribution >= 4 is 52.2 Å². The molecule has 1 N–H and O–H groups in total. The van der Waals surface area contributed by atoms with Crippen LogP contribution in [0.3, 0.4) is 0 Å². The highest BCUT2D eigenvalue weighted by molar-refractivity contribution is 6.36. The summed E-state index contributed by atoms with van der Waals surface area (Å²) in [6, 6.07) is 12.9. The number of nitro benzene ring substituents is 1. The predicted octanol–water partition coefficient (Wildman–Crippen LogP) is 5.65. The first-order chi connectivity index (χ1) is 15.9. The fourth-order valence-corrected chi connectivity index (χ4v) is 3.92. The van der Waals surface area contributed by atoms with Crippen LogP contribution in [-0.4, -0.2) is 37.1 Å². The smallest absolute Gasteiger partial charge is 0.271 e. The van der Waals surface area contributed by atoms with E-state index in [-0.39, 0.29) is 5.69 Å². The molecular weight excluding hydrogens is 469 g/mol. The van der Waals surface area contributed by atoms with Crippen LogP contribution in [0.4, 0.5) is 17.1 Å². The molecule has 0 aliphatic carbocycles. The van der Waals surface area contributed by atoms with Crippen molar-refractivity contribution in [1.29, 1.82) is 0 Å². The number of hydrogen-bond acceptors (Lipinski definition) is 6. The number of hydrogen-bond donors (Lipinski definition) is 1. The highest BCUT2D eigenvalue weighted by atomic mass is 35.5. The van der Waals surface area contributed by atoms with E-state index in [0.717, 1.165) is 0 Å². The van der Waals surface area contributed by atoms with Gasteiger partial charge in [-0.2, -0.15) is 0 Å². The highest BCUT2D eigenvalue weighted by Crippen LogP contribution is 2.33. The third kappa shape index (κ3) is 5.54. The maximum atomic E-state index is 12.6. The zero-order chi connectivity index (χ0) is 23.4. The lowest BCUT2D eigenvalue weighted by molar-refractivity contribution is -0.384. The van der Waals surface area contributed by atoms with Crippen molar-refractivity contribution in [3.05, 3.63) is 80.5 Å². The predicted molar refractivity (Wildman–Crippen MR) is 128 cm³/mol. The molecule has 1 aliphatic rings. The number of morpholine rings is 1. The number of amides is 1. The van der Waals surface area contributed by atoms with Gasteiger partial charge < -0.3 is 19.4 Å². The van der Waals surface area contributed by atoms with Gasteiger partial charge in [0.05, 0.1) is 34.5 Å². The van der Waals surface area contributed by atoms with Crippen LogP contribution in [0.2, 0.25) is 10.0 Å².